The van der Waals surface area contributed by atoms with Crippen LogP contribution in [0.3, 0.4) is 0 Å². The minimum absolute atomic E-state index is 0.388. The second kappa shape index (κ2) is 8.65. The number of nitrogens with one attached hydrogen (secondary N) is 1. The summed E-state index contributed by atoms with van der Waals surface area (Å²) in [5, 5.41) is 0.635. The normalized spacial score (nSPS) is 15.2. The van der Waals surface area contributed by atoms with Gasteiger partial charge in [-0.2, -0.15) is 4.98 Å². The first kappa shape index (κ1) is 20.7. The van der Waals surface area contributed by atoms with Crippen molar-refractivity contribution in [3.63, 3.8) is 0 Å². The van der Waals surface area contributed by atoms with Crippen LogP contribution in [-0.2, 0) is 13.6 Å². The number of rotatable bonds is 6. The first-order valence-electron chi connectivity index (χ1n) is 10.4. The van der Waals surface area contributed by atoms with Gasteiger partial charge in [0.2, 0.25) is 5.95 Å². The lowest BCUT2D eigenvalue weighted by molar-refractivity contribution is 0.252. The molecule has 8 nitrogen and oxygen atoms in total. The van der Waals surface area contributed by atoms with E-state index in [1.54, 1.807) is 7.05 Å². The summed E-state index contributed by atoms with van der Waals surface area (Å²) in [5.41, 5.74) is 0.778. The number of anilines is 1. The molecule has 0 amide bonds. The highest BCUT2D eigenvalue weighted by atomic mass is 35.5. The Labute approximate surface area is 179 Å². The van der Waals surface area contributed by atoms with E-state index >= 15 is 0 Å². The van der Waals surface area contributed by atoms with Crippen LogP contribution in [-0.4, -0.2) is 56.7 Å². The van der Waals surface area contributed by atoms with E-state index in [-0.39, 0.29) is 0 Å². The number of imidazole rings is 1. The van der Waals surface area contributed by atoms with Crippen molar-refractivity contribution >= 4 is 28.7 Å². The number of aromatic nitrogens is 4. The van der Waals surface area contributed by atoms with Crippen LogP contribution < -0.4 is 16.1 Å². The molecule has 1 aromatic carbocycles. The second-order valence-corrected chi connectivity index (χ2v) is 8.17. The quantitative estimate of drug-likeness (QED) is 0.647. The Morgan fingerprint density at radius 1 is 1.13 bits per heavy atom. The van der Waals surface area contributed by atoms with Crippen molar-refractivity contribution in [2.45, 2.75) is 26.3 Å². The van der Waals surface area contributed by atoms with Gasteiger partial charge in [0.05, 0.1) is 6.54 Å². The van der Waals surface area contributed by atoms with E-state index in [9.17, 15) is 9.59 Å². The molecule has 0 saturated carbocycles. The molecule has 1 aliphatic heterocycles. The van der Waals surface area contributed by atoms with Crippen molar-refractivity contribution in [3.05, 3.63) is 55.7 Å². The summed E-state index contributed by atoms with van der Waals surface area (Å²) in [4.78, 5) is 36.6. The summed E-state index contributed by atoms with van der Waals surface area (Å²) in [5.74, 6) is 0.701. The Morgan fingerprint density at radius 3 is 2.57 bits per heavy atom. The van der Waals surface area contributed by atoms with Crippen LogP contribution in [0.1, 0.15) is 25.3 Å². The van der Waals surface area contributed by atoms with Crippen LogP contribution in [0.4, 0.5) is 5.95 Å². The molecule has 30 heavy (non-hydrogen) atoms. The van der Waals surface area contributed by atoms with Crippen LogP contribution in [0.25, 0.3) is 11.2 Å². The number of hydrogen-bond acceptors (Lipinski definition) is 5. The van der Waals surface area contributed by atoms with Gasteiger partial charge < -0.3 is 4.90 Å². The minimum atomic E-state index is -0.467. The zero-order valence-corrected chi connectivity index (χ0v) is 18.2. The topological polar surface area (TPSA) is 79.2 Å². The number of piperazine rings is 1. The molecule has 0 bridgehead atoms. The summed E-state index contributed by atoms with van der Waals surface area (Å²) in [7, 11) is 1.62. The van der Waals surface area contributed by atoms with Gasteiger partial charge >= 0.3 is 5.69 Å². The maximum absolute atomic E-state index is 12.7. The number of H-pyrrole nitrogens is 1. The smallest absolute Gasteiger partial charge is 0.329 e. The summed E-state index contributed by atoms with van der Waals surface area (Å²) >= 11 is 6.40. The predicted molar refractivity (Wildman–Crippen MR) is 120 cm³/mol. The zero-order valence-electron chi connectivity index (χ0n) is 17.4. The van der Waals surface area contributed by atoms with Gasteiger partial charge in [0.15, 0.2) is 11.2 Å². The summed E-state index contributed by atoms with van der Waals surface area (Å²) < 4.78 is 3.28. The molecule has 2 aromatic heterocycles. The van der Waals surface area contributed by atoms with Crippen molar-refractivity contribution < 1.29 is 0 Å². The van der Waals surface area contributed by atoms with Crippen LogP contribution in [0, 0.1) is 0 Å². The molecule has 0 spiro atoms. The van der Waals surface area contributed by atoms with E-state index in [1.165, 1.54) is 17.4 Å². The Hall–Kier alpha value is -2.58. The fraction of sp³-hybridized carbons (Fsp3) is 0.476. The van der Waals surface area contributed by atoms with Gasteiger partial charge in [0, 0.05) is 38.2 Å². The molecule has 1 N–H and O–H groups in total. The highest BCUT2D eigenvalue weighted by molar-refractivity contribution is 6.31. The number of hydrogen-bond donors (Lipinski definition) is 1. The molecule has 1 aliphatic rings. The van der Waals surface area contributed by atoms with Gasteiger partial charge in [-0.25, -0.2) is 4.79 Å². The van der Waals surface area contributed by atoms with Crippen molar-refractivity contribution in [1.82, 2.24) is 24.0 Å². The van der Waals surface area contributed by atoms with E-state index < -0.39 is 11.2 Å². The fourth-order valence-electron chi connectivity index (χ4n) is 3.96. The average Bonchev–Trinajstić information content (AvgIpc) is 3.12. The number of halogens is 1. The average molecular weight is 431 g/mol. The van der Waals surface area contributed by atoms with Gasteiger partial charge in [-0.3, -0.25) is 23.8 Å². The van der Waals surface area contributed by atoms with Gasteiger partial charge in [-0.1, -0.05) is 43.1 Å². The van der Waals surface area contributed by atoms with Crippen molar-refractivity contribution in [2.75, 3.05) is 37.6 Å². The molecular formula is C21H27ClN6O2. The molecule has 9 heteroatoms. The SMILES string of the molecule is CCCCN1CCN(c2nc3c(c(=O)[nH]c(=O)n3C)n2Cc2ccccc2Cl)CC1. The molecule has 160 valence electrons. The molecule has 0 aliphatic carbocycles. The van der Waals surface area contributed by atoms with E-state index in [2.05, 4.69) is 21.7 Å². The molecule has 1 fully saturated rings. The lowest BCUT2D eigenvalue weighted by Crippen LogP contribution is -2.47. The monoisotopic (exact) mass is 430 g/mol. The lowest BCUT2D eigenvalue weighted by atomic mass is 10.2. The summed E-state index contributed by atoms with van der Waals surface area (Å²) in [6, 6.07) is 7.58. The number of benzene rings is 1. The standard InChI is InChI=1S/C21H27ClN6O2/c1-3-4-9-26-10-12-27(13-11-26)20-23-18-17(19(29)24-21(30)25(18)2)28(20)14-15-7-5-6-8-16(15)22/h5-8H,3-4,9-14H2,1-2H3,(H,24,29,30). The molecule has 4 rings (SSSR count). The van der Waals surface area contributed by atoms with Crippen LogP contribution in [0.2, 0.25) is 5.02 Å². The molecule has 0 atom stereocenters. The van der Waals surface area contributed by atoms with E-state index in [4.69, 9.17) is 16.6 Å². The minimum Gasteiger partial charge on any atom is -0.340 e. The van der Waals surface area contributed by atoms with Crippen molar-refractivity contribution in [3.8, 4) is 0 Å². The number of aromatic amines is 1. The highest BCUT2D eigenvalue weighted by Crippen LogP contribution is 2.25. The Kier molecular flexibility index (Phi) is 5.97. The Balaban J connectivity index is 1.76. The number of unbranched alkanes of at least 4 members (excludes halogenated alkanes) is 1. The highest BCUT2D eigenvalue weighted by Gasteiger charge is 2.25. The second-order valence-electron chi connectivity index (χ2n) is 7.76. The zero-order chi connectivity index (χ0) is 21.3. The molecular weight excluding hydrogens is 404 g/mol. The van der Waals surface area contributed by atoms with Crippen LogP contribution in [0.5, 0.6) is 0 Å². The van der Waals surface area contributed by atoms with Gasteiger partial charge in [-0.15, -0.1) is 0 Å². The van der Waals surface area contributed by atoms with Gasteiger partial charge in [0.25, 0.3) is 5.56 Å². The van der Waals surface area contributed by atoms with Crippen molar-refractivity contribution in [1.29, 1.82) is 0 Å². The molecule has 3 aromatic rings. The van der Waals surface area contributed by atoms with Gasteiger partial charge in [0.1, 0.15) is 0 Å². The largest absolute Gasteiger partial charge is 0.340 e. The van der Waals surface area contributed by atoms with Crippen LogP contribution >= 0.6 is 11.6 Å². The maximum Gasteiger partial charge on any atom is 0.329 e. The van der Waals surface area contributed by atoms with Crippen molar-refractivity contribution in [2.24, 2.45) is 7.05 Å². The molecule has 3 heterocycles. The summed E-state index contributed by atoms with van der Waals surface area (Å²) in [6.07, 6.45) is 2.38. The predicted octanol–water partition coefficient (Wildman–Crippen LogP) is 2.05. The fourth-order valence-corrected chi connectivity index (χ4v) is 4.16. The molecule has 1 saturated heterocycles. The lowest BCUT2D eigenvalue weighted by Gasteiger charge is -2.35. The van der Waals surface area contributed by atoms with Crippen LogP contribution in [0.15, 0.2) is 33.9 Å². The molecule has 0 radical (unpaired) electrons. The third kappa shape index (κ3) is 3.89. The third-order valence-electron chi connectivity index (χ3n) is 5.76. The Morgan fingerprint density at radius 2 is 1.87 bits per heavy atom. The number of fused-ring (bicyclic) bond motifs is 1. The van der Waals surface area contributed by atoms with E-state index in [1.807, 2.05) is 28.8 Å². The number of aryl methyl sites for hydroxylation is 1. The third-order valence-corrected chi connectivity index (χ3v) is 6.12. The summed E-state index contributed by atoms with van der Waals surface area (Å²) in [6.45, 7) is 7.25. The molecule has 0 unspecified atom stereocenters. The van der Waals surface area contributed by atoms with Gasteiger partial charge in [-0.05, 0) is 24.6 Å². The first-order valence-corrected chi connectivity index (χ1v) is 10.8. The maximum atomic E-state index is 12.7. The first-order chi connectivity index (χ1) is 14.5. The van der Waals surface area contributed by atoms with E-state index in [0.717, 1.165) is 38.3 Å². The Bertz CT molecular complexity index is 1160. The van der Waals surface area contributed by atoms with E-state index in [0.29, 0.717) is 28.7 Å². The number of nitrogens with zero attached hydrogens (tertiary/aromatic N) is 5.